The van der Waals surface area contributed by atoms with Gasteiger partial charge in [-0.1, -0.05) is 12.2 Å². The fraction of sp³-hybridized carbons (Fsp3) is 0.429. The molecule has 8 nitrogen and oxygen atoms in total. The third-order valence-electron chi connectivity index (χ3n) is 3.49. The zero-order valence-corrected chi connectivity index (χ0v) is 12.2. The lowest BCUT2D eigenvalue weighted by molar-refractivity contribution is -0.149. The largest absolute Gasteiger partial charge is 0.464 e. The van der Waals surface area contributed by atoms with Crippen LogP contribution in [0.3, 0.4) is 0 Å². The summed E-state index contributed by atoms with van der Waals surface area (Å²) in [5.41, 5.74) is 7.06. The number of hydrogen-bond donors (Lipinski definition) is 1. The Kier molecular flexibility index (Phi) is 4.01. The summed E-state index contributed by atoms with van der Waals surface area (Å²) in [7, 11) is 0. The smallest absolute Gasteiger partial charge is 0.332 e. The summed E-state index contributed by atoms with van der Waals surface area (Å²) < 4.78 is 12.3. The van der Waals surface area contributed by atoms with Crippen LogP contribution < -0.4 is 5.73 Å². The third-order valence-corrected chi connectivity index (χ3v) is 3.49. The molecule has 2 aromatic heterocycles. The number of anilines is 1. The van der Waals surface area contributed by atoms with Gasteiger partial charge in [0.25, 0.3) is 0 Å². The van der Waals surface area contributed by atoms with Crippen LogP contribution in [0, 0.1) is 0 Å². The number of nitrogens with two attached hydrogens (primary N) is 1. The van der Waals surface area contributed by atoms with Crippen molar-refractivity contribution in [2.45, 2.75) is 25.5 Å². The van der Waals surface area contributed by atoms with Gasteiger partial charge in [0, 0.05) is 6.42 Å². The molecule has 0 amide bonds. The predicted octanol–water partition coefficient (Wildman–Crippen LogP) is 0.858. The molecule has 1 aliphatic rings. The first-order valence-electron chi connectivity index (χ1n) is 7.07. The fourth-order valence-electron chi connectivity index (χ4n) is 2.47. The van der Waals surface area contributed by atoms with Crippen molar-refractivity contribution < 1.29 is 14.3 Å². The Hall–Kier alpha value is -2.48. The van der Waals surface area contributed by atoms with E-state index in [1.165, 1.54) is 6.33 Å². The molecule has 2 aromatic rings. The Balaban J connectivity index is 1.66. The van der Waals surface area contributed by atoms with Gasteiger partial charge in [-0.25, -0.2) is 19.7 Å². The summed E-state index contributed by atoms with van der Waals surface area (Å²) in [6, 6.07) is 0.0616. The van der Waals surface area contributed by atoms with Crippen molar-refractivity contribution in [1.82, 2.24) is 19.5 Å². The van der Waals surface area contributed by atoms with Crippen LogP contribution in [-0.2, 0) is 14.3 Å². The van der Waals surface area contributed by atoms with Crippen molar-refractivity contribution in [3.63, 3.8) is 0 Å². The van der Waals surface area contributed by atoms with Crippen LogP contribution in [0.2, 0.25) is 0 Å². The molecule has 0 unspecified atom stereocenters. The van der Waals surface area contributed by atoms with Gasteiger partial charge in [0.15, 0.2) is 11.5 Å². The number of rotatable bonds is 5. The van der Waals surface area contributed by atoms with Crippen molar-refractivity contribution in [1.29, 1.82) is 0 Å². The molecule has 1 aliphatic carbocycles. The minimum Gasteiger partial charge on any atom is -0.464 e. The quantitative estimate of drug-likeness (QED) is 0.645. The molecule has 0 aliphatic heterocycles. The highest BCUT2D eigenvalue weighted by molar-refractivity contribution is 5.81. The molecule has 2 heterocycles. The highest BCUT2D eigenvalue weighted by Gasteiger charge is 2.23. The predicted molar refractivity (Wildman–Crippen MR) is 78.9 cm³/mol. The molecule has 0 fully saturated rings. The minimum absolute atomic E-state index is 0.0463. The van der Waals surface area contributed by atoms with Gasteiger partial charge < -0.3 is 19.8 Å². The van der Waals surface area contributed by atoms with E-state index in [2.05, 4.69) is 15.0 Å². The normalized spacial score (nSPS) is 20.6. The molecule has 0 saturated heterocycles. The Bertz CT molecular complexity index is 712. The van der Waals surface area contributed by atoms with Gasteiger partial charge in [0.2, 0.25) is 0 Å². The third kappa shape index (κ3) is 2.77. The first-order valence-corrected chi connectivity index (χ1v) is 7.07. The summed E-state index contributed by atoms with van der Waals surface area (Å²) >= 11 is 0. The lowest BCUT2D eigenvalue weighted by atomic mass is 10.2. The Morgan fingerprint density at radius 2 is 2.27 bits per heavy atom. The van der Waals surface area contributed by atoms with E-state index in [4.69, 9.17) is 15.2 Å². The maximum absolute atomic E-state index is 11.3. The lowest BCUT2D eigenvalue weighted by Gasteiger charge is -2.14. The molecule has 116 valence electrons. The van der Waals surface area contributed by atoms with Crippen molar-refractivity contribution in [2.75, 3.05) is 18.9 Å². The van der Waals surface area contributed by atoms with Gasteiger partial charge >= 0.3 is 5.97 Å². The van der Waals surface area contributed by atoms with Gasteiger partial charge in [-0.2, -0.15) is 0 Å². The molecule has 0 bridgehead atoms. The first kappa shape index (κ1) is 14.5. The molecule has 2 atom stereocenters. The van der Waals surface area contributed by atoms with Gasteiger partial charge in [0.1, 0.15) is 18.5 Å². The molecule has 2 N–H and O–H groups in total. The summed E-state index contributed by atoms with van der Waals surface area (Å²) in [5.74, 6) is 0.00813. The number of nitrogen functional groups attached to an aromatic ring is 1. The summed E-state index contributed by atoms with van der Waals surface area (Å²) in [4.78, 5) is 23.7. The number of esters is 1. The minimum atomic E-state index is -0.354. The van der Waals surface area contributed by atoms with Crippen molar-refractivity contribution >= 4 is 23.0 Å². The van der Waals surface area contributed by atoms with Crippen LogP contribution >= 0.6 is 0 Å². The molecule has 0 aromatic carbocycles. The van der Waals surface area contributed by atoms with Crippen LogP contribution in [0.4, 0.5) is 5.82 Å². The second kappa shape index (κ2) is 6.10. The number of nitrogens with zero attached hydrogens (tertiary/aromatic N) is 4. The molecule has 0 saturated carbocycles. The van der Waals surface area contributed by atoms with E-state index in [1.54, 1.807) is 13.3 Å². The van der Waals surface area contributed by atoms with Gasteiger partial charge in [-0.15, -0.1) is 0 Å². The van der Waals surface area contributed by atoms with E-state index in [-0.39, 0.29) is 24.7 Å². The van der Waals surface area contributed by atoms with E-state index in [0.29, 0.717) is 30.0 Å². The fourth-order valence-corrected chi connectivity index (χ4v) is 2.47. The van der Waals surface area contributed by atoms with Crippen LogP contribution in [-0.4, -0.2) is 44.8 Å². The first-order chi connectivity index (χ1) is 10.7. The summed E-state index contributed by atoms with van der Waals surface area (Å²) in [5, 5.41) is 0. The second-order valence-electron chi connectivity index (χ2n) is 4.93. The lowest BCUT2D eigenvalue weighted by Crippen LogP contribution is -2.18. The van der Waals surface area contributed by atoms with Gasteiger partial charge in [0.05, 0.1) is 25.1 Å². The van der Waals surface area contributed by atoms with E-state index >= 15 is 0 Å². The highest BCUT2D eigenvalue weighted by Crippen LogP contribution is 2.28. The zero-order valence-electron chi connectivity index (χ0n) is 12.2. The molecular weight excluding hydrogens is 286 g/mol. The van der Waals surface area contributed by atoms with Gasteiger partial charge in [-0.05, 0) is 6.92 Å². The maximum Gasteiger partial charge on any atom is 0.332 e. The van der Waals surface area contributed by atoms with Crippen LogP contribution in [0.5, 0.6) is 0 Å². The van der Waals surface area contributed by atoms with E-state index in [9.17, 15) is 4.79 Å². The number of allylic oxidation sites excluding steroid dienone is 1. The van der Waals surface area contributed by atoms with Crippen LogP contribution in [0.25, 0.3) is 11.2 Å². The molecule has 8 heteroatoms. The van der Waals surface area contributed by atoms with Crippen molar-refractivity contribution in [3.05, 3.63) is 24.8 Å². The van der Waals surface area contributed by atoms with Gasteiger partial charge in [-0.3, -0.25) is 0 Å². The summed E-state index contributed by atoms with van der Waals surface area (Å²) in [6.45, 7) is 2.07. The zero-order chi connectivity index (χ0) is 15.5. The number of hydrogen-bond acceptors (Lipinski definition) is 7. The Labute approximate surface area is 127 Å². The van der Waals surface area contributed by atoms with Crippen molar-refractivity contribution in [3.8, 4) is 0 Å². The van der Waals surface area contributed by atoms with E-state index in [0.717, 1.165) is 0 Å². The van der Waals surface area contributed by atoms with E-state index in [1.807, 2.05) is 16.7 Å². The standard InChI is InChI=1S/C14H17N5O3/c1-2-21-11(20)6-22-10-4-3-9(5-10)19-8-18-12-13(15)16-7-17-14(12)19/h3-4,7-10H,2,5-6H2,1H3,(H2,15,16,17)/t9-,10-/m0/s1. The van der Waals surface area contributed by atoms with Crippen molar-refractivity contribution in [2.24, 2.45) is 0 Å². The molecular formula is C14H17N5O3. The van der Waals surface area contributed by atoms with Crippen LogP contribution in [0.15, 0.2) is 24.8 Å². The maximum atomic E-state index is 11.3. The highest BCUT2D eigenvalue weighted by atomic mass is 16.6. The number of imidazole rings is 1. The average Bonchev–Trinajstić information content (AvgIpc) is 3.12. The Morgan fingerprint density at radius 1 is 1.41 bits per heavy atom. The number of carbonyl (C=O) groups excluding carboxylic acids is 1. The average molecular weight is 303 g/mol. The molecule has 3 rings (SSSR count). The van der Waals surface area contributed by atoms with E-state index < -0.39 is 0 Å². The Morgan fingerprint density at radius 3 is 3.09 bits per heavy atom. The second-order valence-corrected chi connectivity index (χ2v) is 4.93. The monoisotopic (exact) mass is 303 g/mol. The molecule has 0 radical (unpaired) electrons. The molecule has 0 spiro atoms. The van der Waals surface area contributed by atoms with Crippen LogP contribution in [0.1, 0.15) is 19.4 Å². The number of ether oxygens (including phenoxy) is 2. The number of aromatic nitrogens is 4. The SMILES string of the molecule is CCOC(=O)CO[C@H]1C=C[C@H](n2cnc3c(N)ncnc32)C1. The topological polar surface area (TPSA) is 105 Å². The summed E-state index contributed by atoms with van der Waals surface area (Å²) in [6.07, 6.45) is 7.62. The number of carbonyl (C=O) groups is 1. The number of fused-ring (bicyclic) bond motifs is 1. The molecule has 22 heavy (non-hydrogen) atoms.